The van der Waals surface area contributed by atoms with E-state index < -0.39 is 22.6 Å². The van der Waals surface area contributed by atoms with Crippen LogP contribution in [0.1, 0.15) is 19.4 Å². The number of H-pyrrole nitrogens is 1. The van der Waals surface area contributed by atoms with Crippen LogP contribution < -0.4 is 10.9 Å². The molecule has 2 aromatic heterocycles. The second-order valence-corrected chi connectivity index (χ2v) is 9.81. The Labute approximate surface area is 212 Å². The largest absolute Gasteiger partial charge is 0.339 e. The first kappa shape index (κ1) is 24.6. The average molecular weight is 507 g/mol. The number of piperazine rings is 1. The van der Waals surface area contributed by atoms with E-state index in [2.05, 4.69) is 20.2 Å². The molecule has 1 saturated heterocycles. The molecule has 0 atom stereocenters. The smallest absolute Gasteiger partial charge is 0.276 e. The van der Waals surface area contributed by atoms with Gasteiger partial charge in [0.2, 0.25) is 5.91 Å². The Morgan fingerprint density at radius 3 is 2.32 bits per heavy atom. The second kappa shape index (κ2) is 9.44. The fourth-order valence-corrected chi connectivity index (χ4v) is 4.66. The number of likely N-dealkylation sites (N-methyl/N-ethyl adjacent to an activating group) is 1. The van der Waals surface area contributed by atoms with Crippen molar-refractivity contribution in [2.75, 3.05) is 38.5 Å². The molecule has 1 amide bonds. The summed E-state index contributed by atoms with van der Waals surface area (Å²) in [6, 6.07) is 10.9. The van der Waals surface area contributed by atoms with Gasteiger partial charge >= 0.3 is 0 Å². The van der Waals surface area contributed by atoms with Crippen molar-refractivity contribution in [2.24, 2.45) is 0 Å². The summed E-state index contributed by atoms with van der Waals surface area (Å²) >= 11 is 0. The fraction of sp³-hybridized carbons (Fsp3) is 0.296. The second-order valence-electron chi connectivity index (χ2n) is 9.81. The summed E-state index contributed by atoms with van der Waals surface area (Å²) in [5, 5.41) is 3.10. The lowest BCUT2D eigenvalue weighted by molar-refractivity contribution is -0.137. The molecular weight excluding hydrogens is 478 g/mol. The van der Waals surface area contributed by atoms with E-state index >= 15 is 0 Å². The number of aromatic nitrogens is 3. The van der Waals surface area contributed by atoms with Gasteiger partial charge in [-0.2, -0.15) is 0 Å². The number of rotatable bonds is 5. The minimum atomic E-state index is -0.782. The number of nitrogens with one attached hydrogen (secondary N) is 2. The molecule has 1 fully saturated rings. The predicted octanol–water partition coefficient (Wildman–Crippen LogP) is 3.76. The van der Waals surface area contributed by atoms with Crippen LogP contribution in [-0.4, -0.2) is 63.3 Å². The highest BCUT2D eigenvalue weighted by Gasteiger charge is 2.34. The number of fused-ring (bicyclic) bond motifs is 1. The summed E-state index contributed by atoms with van der Waals surface area (Å²) in [4.78, 5) is 37.0. The van der Waals surface area contributed by atoms with E-state index in [0.717, 1.165) is 30.8 Å². The Kier molecular flexibility index (Phi) is 6.28. The van der Waals surface area contributed by atoms with Crippen molar-refractivity contribution in [3.63, 3.8) is 0 Å². The van der Waals surface area contributed by atoms with Gasteiger partial charge in [-0.15, -0.1) is 0 Å². The molecule has 3 heterocycles. The molecule has 0 bridgehead atoms. The monoisotopic (exact) mass is 506 g/mol. The van der Waals surface area contributed by atoms with E-state index in [-0.39, 0.29) is 28.6 Å². The number of carbonyl (C=O) groups is 1. The number of amides is 1. The van der Waals surface area contributed by atoms with Gasteiger partial charge < -0.3 is 20.1 Å². The van der Waals surface area contributed by atoms with E-state index in [1.165, 1.54) is 22.9 Å². The van der Waals surface area contributed by atoms with Crippen LogP contribution in [0.3, 0.4) is 0 Å². The van der Waals surface area contributed by atoms with Crippen molar-refractivity contribution in [1.82, 2.24) is 24.2 Å². The summed E-state index contributed by atoms with van der Waals surface area (Å²) in [6.45, 7) is 6.92. The van der Waals surface area contributed by atoms with Crippen molar-refractivity contribution in [1.29, 1.82) is 0 Å². The predicted molar refractivity (Wildman–Crippen MR) is 138 cm³/mol. The lowest BCUT2D eigenvalue weighted by atomic mass is 9.83. The zero-order valence-electron chi connectivity index (χ0n) is 20.9. The Morgan fingerprint density at radius 1 is 1.03 bits per heavy atom. The van der Waals surface area contributed by atoms with E-state index in [1.807, 2.05) is 37.9 Å². The number of nitrogens with zero attached hydrogens (tertiary/aromatic N) is 4. The molecule has 0 unspecified atom stereocenters. The molecule has 0 spiro atoms. The number of benzene rings is 2. The van der Waals surface area contributed by atoms with Crippen LogP contribution in [0.2, 0.25) is 0 Å². The maximum Gasteiger partial charge on any atom is 0.276 e. The fourth-order valence-electron chi connectivity index (χ4n) is 4.66. The summed E-state index contributed by atoms with van der Waals surface area (Å²) < 4.78 is 30.4. The first-order valence-electron chi connectivity index (χ1n) is 12.1. The van der Waals surface area contributed by atoms with Crippen molar-refractivity contribution in [3.8, 4) is 11.4 Å². The first-order chi connectivity index (χ1) is 17.7. The molecule has 5 rings (SSSR count). The van der Waals surface area contributed by atoms with Gasteiger partial charge in [0, 0.05) is 44.3 Å². The van der Waals surface area contributed by atoms with Gasteiger partial charge in [0.1, 0.15) is 11.6 Å². The summed E-state index contributed by atoms with van der Waals surface area (Å²) in [5.74, 6) is -1.37. The van der Waals surface area contributed by atoms with Gasteiger partial charge in [-0.05, 0) is 50.7 Å². The van der Waals surface area contributed by atoms with Crippen LogP contribution in [0.4, 0.5) is 20.3 Å². The molecule has 8 nitrogen and oxygen atoms in total. The van der Waals surface area contributed by atoms with Crippen molar-refractivity contribution >= 4 is 22.9 Å². The van der Waals surface area contributed by atoms with Gasteiger partial charge in [0.25, 0.3) is 5.56 Å². The Morgan fingerprint density at radius 2 is 1.68 bits per heavy atom. The molecule has 0 radical (unpaired) electrons. The van der Waals surface area contributed by atoms with E-state index in [0.29, 0.717) is 18.8 Å². The highest BCUT2D eigenvalue weighted by molar-refractivity contribution is 5.88. The maximum absolute atomic E-state index is 14.5. The number of hydrogen-bond acceptors (Lipinski definition) is 5. The molecule has 192 valence electrons. The number of hydrogen-bond donors (Lipinski definition) is 2. The van der Waals surface area contributed by atoms with Gasteiger partial charge in [-0.3, -0.25) is 14.0 Å². The quantitative estimate of drug-likeness (QED) is 0.431. The maximum atomic E-state index is 14.5. The summed E-state index contributed by atoms with van der Waals surface area (Å²) in [6.07, 6.45) is 2.88. The van der Waals surface area contributed by atoms with Crippen molar-refractivity contribution in [2.45, 2.75) is 19.3 Å². The van der Waals surface area contributed by atoms with Crippen LogP contribution >= 0.6 is 0 Å². The highest BCUT2D eigenvalue weighted by Crippen LogP contribution is 2.31. The van der Waals surface area contributed by atoms with Crippen molar-refractivity contribution in [3.05, 3.63) is 82.4 Å². The standard InChI is InChI=1S/C27H28F2N6O2/c1-27(2,26(37)34-15-13-33(3)14-16-34)17-7-9-18(10-8-17)31-23-22-25(36)30-11-12-35(22)24(32-23)21-19(28)5-4-6-20(21)29/h4-12,31H,13-16H2,1-3H3,(H,30,36). The minimum Gasteiger partial charge on any atom is -0.339 e. The number of aromatic amines is 1. The van der Waals surface area contributed by atoms with Crippen LogP contribution in [0.5, 0.6) is 0 Å². The van der Waals surface area contributed by atoms with Crippen LogP contribution in [0, 0.1) is 11.6 Å². The Balaban J connectivity index is 1.45. The van der Waals surface area contributed by atoms with Gasteiger partial charge in [-0.25, -0.2) is 13.8 Å². The number of anilines is 2. The molecule has 0 saturated carbocycles. The number of halogens is 2. The first-order valence-corrected chi connectivity index (χ1v) is 12.1. The summed E-state index contributed by atoms with van der Waals surface area (Å²) in [7, 11) is 2.05. The average Bonchev–Trinajstić information content (AvgIpc) is 3.23. The molecular formula is C27H28F2N6O2. The topological polar surface area (TPSA) is 85.7 Å². The van der Waals surface area contributed by atoms with Crippen LogP contribution in [0.15, 0.2) is 59.7 Å². The molecule has 0 aliphatic carbocycles. The zero-order valence-corrected chi connectivity index (χ0v) is 20.9. The Hall–Kier alpha value is -4.05. The Bertz CT molecular complexity index is 1500. The molecule has 37 heavy (non-hydrogen) atoms. The van der Waals surface area contributed by atoms with Crippen molar-refractivity contribution < 1.29 is 13.6 Å². The highest BCUT2D eigenvalue weighted by atomic mass is 19.1. The number of imidazole rings is 1. The molecule has 2 aromatic carbocycles. The van der Waals surface area contributed by atoms with Crippen LogP contribution in [-0.2, 0) is 10.2 Å². The molecule has 10 heteroatoms. The zero-order chi connectivity index (χ0) is 26.3. The van der Waals surface area contributed by atoms with Gasteiger partial charge in [0.05, 0.1) is 11.0 Å². The molecule has 1 aliphatic rings. The third-order valence-electron chi connectivity index (χ3n) is 6.95. The minimum absolute atomic E-state index is 0.0327. The molecule has 1 aliphatic heterocycles. The van der Waals surface area contributed by atoms with E-state index in [9.17, 15) is 18.4 Å². The third kappa shape index (κ3) is 4.48. The summed E-state index contributed by atoms with van der Waals surface area (Å²) in [5.41, 5.74) is 0.0722. The third-order valence-corrected chi connectivity index (χ3v) is 6.95. The van der Waals surface area contributed by atoms with E-state index in [1.54, 1.807) is 12.1 Å². The number of carbonyl (C=O) groups excluding carboxylic acids is 1. The van der Waals surface area contributed by atoms with Gasteiger partial charge in [0.15, 0.2) is 17.2 Å². The van der Waals surface area contributed by atoms with E-state index in [4.69, 9.17) is 0 Å². The SMILES string of the molecule is CN1CCN(C(=O)C(C)(C)c2ccc(Nc3nc(-c4c(F)cccc4F)n4cc[nH]c(=O)c34)cc2)CC1. The lowest BCUT2D eigenvalue weighted by Crippen LogP contribution is -2.52. The molecule has 2 N–H and O–H groups in total. The van der Waals surface area contributed by atoms with Gasteiger partial charge in [-0.1, -0.05) is 18.2 Å². The normalized spacial score (nSPS) is 14.8. The lowest BCUT2D eigenvalue weighted by Gasteiger charge is -2.37. The molecule has 4 aromatic rings. The van der Waals surface area contributed by atoms with Crippen LogP contribution in [0.25, 0.3) is 16.9 Å².